The molecule has 24 heavy (non-hydrogen) atoms. The summed E-state index contributed by atoms with van der Waals surface area (Å²) in [5.74, 6) is 0.0585. The molecule has 3 amide bonds. The van der Waals surface area contributed by atoms with Crippen LogP contribution in [0.5, 0.6) is 0 Å². The summed E-state index contributed by atoms with van der Waals surface area (Å²) in [5, 5.41) is 11.7. The Kier molecular flexibility index (Phi) is 8.57. The summed E-state index contributed by atoms with van der Waals surface area (Å²) in [6.07, 6.45) is 3.15. The van der Waals surface area contributed by atoms with Gasteiger partial charge in [-0.2, -0.15) is 0 Å². The van der Waals surface area contributed by atoms with E-state index in [2.05, 4.69) is 21.3 Å². The summed E-state index contributed by atoms with van der Waals surface area (Å²) in [6, 6.07) is 7.28. The third-order valence-electron chi connectivity index (χ3n) is 3.73. The molecule has 1 unspecified atom stereocenters. The predicted octanol–water partition coefficient (Wildman–Crippen LogP) is 2.40. The second-order valence-electron chi connectivity index (χ2n) is 6.17. The molecule has 1 fully saturated rings. The van der Waals surface area contributed by atoms with Crippen molar-refractivity contribution in [1.29, 1.82) is 0 Å². The van der Waals surface area contributed by atoms with Gasteiger partial charge in [0.05, 0.1) is 6.04 Å². The maximum Gasteiger partial charge on any atom is 0.319 e. The van der Waals surface area contributed by atoms with Gasteiger partial charge in [0.25, 0.3) is 0 Å². The van der Waals surface area contributed by atoms with Crippen LogP contribution in [-0.2, 0) is 11.3 Å². The minimum atomic E-state index is -0.218. The van der Waals surface area contributed by atoms with Gasteiger partial charge in [-0.05, 0) is 50.9 Å². The smallest absolute Gasteiger partial charge is 0.319 e. The highest BCUT2D eigenvalue weighted by molar-refractivity contribution is 5.89. The Morgan fingerprint density at radius 1 is 1.21 bits per heavy atom. The van der Waals surface area contributed by atoms with Crippen molar-refractivity contribution in [3.63, 3.8) is 0 Å². The summed E-state index contributed by atoms with van der Waals surface area (Å²) in [4.78, 5) is 23.7. The fourth-order valence-electron chi connectivity index (χ4n) is 2.52. The average Bonchev–Trinajstić information content (AvgIpc) is 2.54. The molecule has 1 aromatic carbocycles. The van der Waals surface area contributed by atoms with Crippen LogP contribution in [0.2, 0.25) is 0 Å². The number of halogens is 1. The first-order valence-electron chi connectivity index (χ1n) is 8.22. The Balaban J connectivity index is 0.00000288. The molecule has 1 aliphatic rings. The third-order valence-corrected chi connectivity index (χ3v) is 3.73. The predicted molar refractivity (Wildman–Crippen MR) is 98.5 cm³/mol. The number of hydrogen-bond donors (Lipinski definition) is 4. The molecule has 1 atom stereocenters. The summed E-state index contributed by atoms with van der Waals surface area (Å²) >= 11 is 0. The van der Waals surface area contributed by atoms with Crippen LogP contribution in [0.4, 0.5) is 10.5 Å². The second kappa shape index (κ2) is 10.2. The van der Waals surface area contributed by atoms with Gasteiger partial charge in [-0.25, -0.2) is 4.79 Å². The lowest BCUT2D eigenvalue weighted by Gasteiger charge is -2.22. The molecular weight excluding hydrogens is 328 g/mol. The van der Waals surface area contributed by atoms with Gasteiger partial charge in [-0.15, -0.1) is 12.4 Å². The van der Waals surface area contributed by atoms with E-state index in [0.717, 1.165) is 37.1 Å². The molecule has 6 nitrogen and oxygen atoms in total. The normalized spacial score (nSPS) is 16.9. The lowest BCUT2D eigenvalue weighted by atomic mass is 10.0. The van der Waals surface area contributed by atoms with E-state index in [0.29, 0.717) is 6.54 Å². The molecule has 7 heteroatoms. The first-order valence-corrected chi connectivity index (χ1v) is 8.22. The van der Waals surface area contributed by atoms with Gasteiger partial charge in [-0.3, -0.25) is 4.79 Å². The monoisotopic (exact) mass is 354 g/mol. The number of amides is 3. The summed E-state index contributed by atoms with van der Waals surface area (Å²) < 4.78 is 0. The SMILES string of the molecule is CC(C)NC(=O)Nc1ccc(CNC(=O)C2CCCCN2)cc1.Cl. The molecule has 2 rings (SSSR count). The number of carbonyl (C=O) groups is 2. The van der Waals surface area contributed by atoms with E-state index in [1.54, 1.807) is 0 Å². The zero-order chi connectivity index (χ0) is 16.7. The van der Waals surface area contributed by atoms with Crippen molar-refractivity contribution in [1.82, 2.24) is 16.0 Å². The van der Waals surface area contributed by atoms with Crippen LogP contribution >= 0.6 is 12.4 Å². The fourth-order valence-corrected chi connectivity index (χ4v) is 2.52. The standard InChI is InChI=1S/C17H26N4O2.ClH/c1-12(2)20-17(23)21-14-8-6-13(7-9-14)11-19-16(22)15-5-3-4-10-18-15;/h6-9,12,15,18H,3-5,10-11H2,1-2H3,(H,19,22)(H2,20,21,23);1H. The van der Waals surface area contributed by atoms with Gasteiger partial charge in [-0.1, -0.05) is 18.6 Å². The average molecular weight is 355 g/mol. The number of hydrogen-bond acceptors (Lipinski definition) is 3. The van der Waals surface area contributed by atoms with Crippen molar-refractivity contribution in [2.75, 3.05) is 11.9 Å². The number of anilines is 1. The summed E-state index contributed by atoms with van der Waals surface area (Å²) in [5.41, 5.74) is 1.73. The molecular formula is C17H27ClN4O2. The van der Waals surface area contributed by atoms with Crippen molar-refractivity contribution in [2.45, 2.75) is 51.7 Å². The minimum Gasteiger partial charge on any atom is -0.351 e. The van der Waals surface area contributed by atoms with Gasteiger partial charge in [0.15, 0.2) is 0 Å². The number of urea groups is 1. The molecule has 0 bridgehead atoms. The van der Waals surface area contributed by atoms with Crippen LogP contribution in [0.25, 0.3) is 0 Å². The first kappa shape index (κ1) is 20.3. The van der Waals surface area contributed by atoms with E-state index in [9.17, 15) is 9.59 Å². The lowest BCUT2D eigenvalue weighted by Crippen LogP contribution is -2.46. The van der Waals surface area contributed by atoms with Crippen LogP contribution in [0, 0.1) is 0 Å². The molecule has 1 aliphatic heterocycles. The van der Waals surface area contributed by atoms with Crippen LogP contribution in [0.3, 0.4) is 0 Å². The van der Waals surface area contributed by atoms with E-state index in [1.165, 1.54) is 0 Å². The Morgan fingerprint density at radius 3 is 2.50 bits per heavy atom. The van der Waals surface area contributed by atoms with Gasteiger partial charge in [0, 0.05) is 18.3 Å². The van der Waals surface area contributed by atoms with Crippen LogP contribution < -0.4 is 21.3 Å². The topological polar surface area (TPSA) is 82.3 Å². The van der Waals surface area contributed by atoms with E-state index in [4.69, 9.17) is 0 Å². The van der Waals surface area contributed by atoms with E-state index >= 15 is 0 Å². The maximum atomic E-state index is 12.0. The Hall–Kier alpha value is -1.79. The number of piperidine rings is 1. The maximum absolute atomic E-state index is 12.0. The molecule has 0 aromatic heterocycles. The van der Waals surface area contributed by atoms with Crippen LogP contribution in [0.15, 0.2) is 24.3 Å². The number of benzene rings is 1. The molecule has 0 saturated carbocycles. The highest BCUT2D eigenvalue weighted by Gasteiger charge is 2.19. The molecule has 4 N–H and O–H groups in total. The van der Waals surface area contributed by atoms with E-state index in [1.807, 2.05) is 38.1 Å². The third kappa shape index (κ3) is 6.76. The molecule has 1 aromatic rings. The first-order chi connectivity index (χ1) is 11.0. The Bertz CT molecular complexity index is 528. The van der Waals surface area contributed by atoms with Gasteiger partial charge < -0.3 is 21.3 Å². The quantitative estimate of drug-likeness (QED) is 0.655. The molecule has 0 radical (unpaired) electrons. The molecule has 134 valence electrons. The van der Waals surface area contributed by atoms with Crippen molar-refractivity contribution >= 4 is 30.0 Å². The molecule has 1 saturated heterocycles. The van der Waals surface area contributed by atoms with E-state index < -0.39 is 0 Å². The molecule has 1 heterocycles. The zero-order valence-electron chi connectivity index (χ0n) is 14.2. The van der Waals surface area contributed by atoms with Gasteiger partial charge >= 0.3 is 6.03 Å². The van der Waals surface area contributed by atoms with Crippen LogP contribution in [-0.4, -0.2) is 30.6 Å². The summed E-state index contributed by atoms with van der Waals surface area (Å²) in [7, 11) is 0. The number of carbonyl (C=O) groups excluding carboxylic acids is 2. The second-order valence-corrected chi connectivity index (χ2v) is 6.17. The van der Waals surface area contributed by atoms with Gasteiger partial charge in [0.2, 0.25) is 5.91 Å². The van der Waals surface area contributed by atoms with Crippen molar-refractivity contribution in [3.8, 4) is 0 Å². The summed E-state index contributed by atoms with van der Waals surface area (Å²) in [6.45, 7) is 5.23. The number of nitrogens with one attached hydrogen (secondary N) is 4. The van der Waals surface area contributed by atoms with Gasteiger partial charge in [0.1, 0.15) is 0 Å². The molecule has 0 spiro atoms. The largest absolute Gasteiger partial charge is 0.351 e. The highest BCUT2D eigenvalue weighted by atomic mass is 35.5. The van der Waals surface area contributed by atoms with Crippen molar-refractivity contribution < 1.29 is 9.59 Å². The molecule has 0 aliphatic carbocycles. The van der Waals surface area contributed by atoms with Crippen molar-refractivity contribution in [3.05, 3.63) is 29.8 Å². The highest BCUT2D eigenvalue weighted by Crippen LogP contribution is 2.10. The van der Waals surface area contributed by atoms with E-state index in [-0.39, 0.29) is 36.4 Å². The van der Waals surface area contributed by atoms with Crippen molar-refractivity contribution in [2.24, 2.45) is 0 Å². The Labute approximate surface area is 149 Å². The fraction of sp³-hybridized carbons (Fsp3) is 0.529. The Morgan fingerprint density at radius 2 is 1.92 bits per heavy atom. The number of rotatable bonds is 5. The lowest BCUT2D eigenvalue weighted by molar-refractivity contribution is -0.123. The zero-order valence-corrected chi connectivity index (χ0v) is 15.0. The van der Waals surface area contributed by atoms with Crippen LogP contribution in [0.1, 0.15) is 38.7 Å². The minimum absolute atomic E-state index is 0.